The minimum atomic E-state index is -0.286. The van der Waals surface area contributed by atoms with E-state index in [1.165, 1.54) is 0 Å². The van der Waals surface area contributed by atoms with Gasteiger partial charge in [-0.1, -0.05) is 42.5 Å². The Balaban J connectivity index is 1.34. The third-order valence-corrected chi connectivity index (χ3v) is 4.77. The van der Waals surface area contributed by atoms with Gasteiger partial charge in [0.15, 0.2) is 0 Å². The van der Waals surface area contributed by atoms with Crippen LogP contribution in [0.5, 0.6) is 0 Å². The topological polar surface area (TPSA) is 84.5 Å². The summed E-state index contributed by atoms with van der Waals surface area (Å²) in [5.74, 6) is 1.69. The Kier molecular flexibility index (Phi) is 6.28. The van der Waals surface area contributed by atoms with E-state index in [1.54, 1.807) is 42.7 Å². The molecular formula is C25H22N2O4. The van der Waals surface area contributed by atoms with Crippen molar-refractivity contribution in [1.82, 2.24) is 5.32 Å². The first-order valence-corrected chi connectivity index (χ1v) is 10.0. The van der Waals surface area contributed by atoms with Crippen LogP contribution in [0.25, 0.3) is 11.3 Å². The van der Waals surface area contributed by atoms with E-state index in [0.29, 0.717) is 23.4 Å². The van der Waals surface area contributed by atoms with E-state index in [-0.39, 0.29) is 24.8 Å². The van der Waals surface area contributed by atoms with Gasteiger partial charge in [-0.25, -0.2) is 0 Å². The predicted molar refractivity (Wildman–Crippen MR) is 117 cm³/mol. The van der Waals surface area contributed by atoms with Gasteiger partial charge in [0.25, 0.3) is 5.91 Å². The summed E-state index contributed by atoms with van der Waals surface area (Å²) in [6.07, 6.45) is 2.26. The van der Waals surface area contributed by atoms with E-state index < -0.39 is 0 Å². The number of hydrogen-bond donors (Lipinski definition) is 2. The smallest absolute Gasteiger partial charge is 0.253 e. The third-order valence-electron chi connectivity index (χ3n) is 4.77. The minimum absolute atomic E-state index is 0.191. The Bertz CT molecular complexity index is 1150. The van der Waals surface area contributed by atoms with Crippen molar-refractivity contribution >= 4 is 17.5 Å². The van der Waals surface area contributed by atoms with Gasteiger partial charge in [-0.15, -0.1) is 0 Å². The van der Waals surface area contributed by atoms with Crippen molar-refractivity contribution in [1.29, 1.82) is 0 Å². The zero-order valence-corrected chi connectivity index (χ0v) is 16.8. The van der Waals surface area contributed by atoms with Crippen LogP contribution in [-0.2, 0) is 17.8 Å². The van der Waals surface area contributed by atoms with Gasteiger partial charge in [0.1, 0.15) is 17.3 Å². The molecular weight excluding hydrogens is 392 g/mol. The molecule has 6 heteroatoms. The average molecular weight is 414 g/mol. The van der Waals surface area contributed by atoms with Gasteiger partial charge in [-0.2, -0.15) is 0 Å². The van der Waals surface area contributed by atoms with Crippen LogP contribution >= 0.6 is 0 Å². The van der Waals surface area contributed by atoms with Crippen molar-refractivity contribution in [2.24, 2.45) is 0 Å². The van der Waals surface area contributed by atoms with E-state index >= 15 is 0 Å². The van der Waals surface area contributed by atoms with Crippen molar-refractivity contribution in [2.75, 3.05) is 5.32 Å². The molecule has 2 amide bonds. The second-order valence-electron chi connectivity index (χ2n) is 6.99. The van der Waals surface area contributed by atoms with E-state index in [1.807, 2.05) is 42.5 Å². The first-order chi connectivity index (χ1) is 15.2. The molecule has 31 heavy (non-hydrogen) atoms. The lowest BCUT2D eigenvalue weighted by Gasteiger charge is -2.11. The highest BCUT2D eigenvalue weighted by molar-refractivity contribution is 6.03. The third kappa shape index (κ3) is 5.30. The highest BCUT2D eigenvalue weighted by Gasteiger charge is 2.14. The molecule has 4 aromatic rings. The molecule has 0 fully saturated rings. The molecule has 0 aliphatic carbocycles. The summed E-state index contributed by atoms with van der Waals surface area (Å²) in [6, 6.07) is 24.0. The maximum Gasteiger partial charge on any atom is 0.253 e. The summed E-state index contributed by atoms with van der Waals surface area (Å²) in [6.45, 7) is 0.274. The molecule has 2 aromatic carbocycles. The van der Waals surface area contributed by atoms with Crippen molar-refractivity contribution in [2.45, 2.75) is 19.4 Å². The van der Waals surface area contributed by atoms with Gasteiger partial charge in [0.2, 0.25) is 5.91 Å². The second kappa shape index (κ2) is 9.63. The number of furan rings is 2. The van der Waals surface area contributed by atoms with Gasteiger partial charge >= 0.3 is 0 Å². The van der Waals surface area contributed by atoms with Crippen LogP contribution < -0.4 is 10.6 Å². The van der Waals surface area contributed by atoms with Gasteiger partial charge in [-0.3, -0.25) is 9.59 Å². The summed E-state index contributed by atoms with van der Waals surface area (Å²) in [5, 5.41) is 5.62. The van der Waals surface area contributed by atoms with Gasteiger partial charge < -0.3 is 19.5 Å². The number of hydrogen-bond acceptors (Lipinski definition) is 4. The van der Waals surface area contributed by atoms with Crippen LogP contribution in [0, 0.1) is 0 Å². The number of rotatable bonds is 8. The molecule has 4 rings (SSSR count). The van der Waals surface area contributed by atoms with Crippen molar-refractivity contribution in [3.63, 3.8) is 0 Å². The summed E-state index contributed by atoms with van der Waals surface area (Å²) >= 11 is 0. The van der Waals surface area contributed by atoms with Crippen LogP contribution in [0.2, 0.25) is 0 Å². The Hall–Kier alpha value is -4.06. The molecule has 0 saturated heterocycles. The molecule has 0 radical (unpaired) electrons. The van der Waals surface area contributed by atoms with Crippen molar-refractivity contribution < 1.29 is 18.4 Å². The van der Waals surface area contributed by atoms with E-state index in [9.17, 15) is 9.59 Å². The molecule has 0 saturated carbocycles. The fourth-order valence-corrected chi connectivity index (χ4v) is 3.19. The lowest BCUT2D eigenvalue weighted by molar-refractivity contribution is -0.116. The molecule has 0 bridgehead atoms. The van der Waals surface area contributed by atoms with E-state index in [0.717, 1.165) is 17.1 Å². The highest BCUT2D eigenvalue weighted by Crippen LogP contribution is 2.22. The largest absolute Gasteiger partial charge is 0.467 e. The van der Waals surface area contributed by atoms with Gasteiger partial charge in [0, 0.05) is 18.4 Å². The zero-order chi connectivity index (χ0) is 21.5. The molecule has 2 N–H and O–H groups in total. The monoisotopic (exact) mass is 414 g/mol. The van der Waals surface area contributed by atoms with Crippen LogP contribution in [0.4, 0.5) is 5.69 Å². The molecule has 2 aromatic heterocycles. The maximum absolute atomic E-state index is 12.5. The van der Waals surface area contributed by atoms with Crippen LogP contribution in [0.15, 0.2) is 94.0 Å². The number of nitrogens with one attached hydrogen (secondary N) is 2. The van der Waals surface area contributed by atoms with Crippen LogP contribution in [0.1, 0.15) is 28.3 Å². The summed E-state index contributed by atoms with van der Waals surface area (Å²) in [4.78, 5) is 25.0. The maximum atomic E-state index is 12.5. The molecule has 0 atom stereocenters. The van der Waals surface area contributed by atoms with Gasteiger partial charge in [-0.05, 0) is 36.4 Å². The fraction of sp³-hybridized carbons (Fsp3) is 0.120. The zero-order valence-electron chi connectivity index (χ0n) is 16.8. The molecule has 0 spiro atoms. The van der Waals surface area contributed by atoms with Crippen LogP contribution in [0.3, 0.4) is 0 Å². The standard InChI is InChI=1S/C25H22N2O4/c28-24(15-13-19-12-14-23(31-19)18-7-2-1-3-8-18)27-22-11-5-4-10-21(22)25(29)26-17-20-9-6-16-30-20/h1-12,14,16H,13,15,17H2,(H,26,29)(H,27,28). The molecule has 6 nitrogen and oxygen atoms in total. The van der Waals surface area contributed by atoms with Crippen molar-refractivity contribution in [3.8, 4) is 11.3 Å². The van der Waals surface area contributed by atoms with Crippen LogP contribution in [-0.4, -0.2) is 11.8 Å². The molecule has 0 aliphatic rings. The first-order valence-electron chi connectivity index (χ1n) is 10.0. The normalized spacial score (nSPS) is 10.6. The molecule has 156 valence electrons. The lowest BCUT2D eigenvalue weighted by Crippen LogP contribution is -2.24. The number of anilines is 1. The van der Waals surface area contributed by atoms with E-state index in [4.69, 9.17) is 8.83 Å². The van der Waals surface area contributed by atoms with Crippen molar-refractivity contribution in [3.05, 3.63) is 102 Å². The molecule has 0 aliphatic heterocycles. The highest BCUT2D eigenvalue weighted by atomic mass is 16.3. The van der Waals surface area contributed by atoms with Gasteiger partial charge in [0.05, 0.1) is 24.1 Å². The quantitative estimate of drug-likeness (QED) is 0.423. The molecule has 0 unspecified atom stereocenters. The minimum Gasteiger partial charge on any atom is -0.467 e. The number of benzene rings is 2. The Morgan fingerprint density at radius 3 is 2.42 bits per heavy atom. The summed E-state index contributed by atoms with van der Waals surface area (Å²) < 4.78 is 11.1. The number of carbonyl (C=O) groups is 2. The number of aryl methyl sites for hydroxylation is 1. The fourth-order valence-electron chi connectivity index (χ4n) is 3.19. The lowest BCUT2D eigenvalue weighted by atomic mass is 10.1. The Morgan fingerprint density at radius 2 is 1.61 bits per heavy atom. The van der Waals surface area contributed by atoms with E-state index in [2.05, 4.69) is 10.6 Å². The Morgan fingerprint density at radius 1 is 0.806 bits per heavy atom. The SMILES string of the molecule is O=C(CCc1ccc(-c2ccccc2)o1)Nc1ccccc1C(=O)NCc1ccco1. The Labute approximate surface area is 179 Å². The number of para-hydroxylation sites is 1. The number of amides is 2. The summed E-state index contributed by atoms with van der Waals surface area (Å²) in [7, 11) is 0. The molecule has 2 heterocycles. The average Bonchev–Trinajstić information content (AvgIpc) is 3.49. The predicted octanol–water partition coefficient (Wildman–Crippen LogP) is 5.04. The first kappa shape index (κ1) is 20.2. The second-order valence-corrected chi connectivity index (χ2v) is 6.99. The summed E-state index contributed by atoms with van der Waals surface area (Å²) in [5.41, 5.74) is 1.85. The number of carbonyl (C=O) groups excluding carboxylic acids is 2.